The van der Waals surface area contributed by atoms with E-state index in [2.05, 4.69) is 4.98 Å². The summed E-state index contributed by atoms with van der Waals surface area (Å²) in [6.07, 6.45) is 5.22. The van der Waals surface area contributed by atoms with Crippen LogP contribution in [0.25, 0.3) is 0 Å². The van der Waals surface area contributed by atoms with Gasteiger partial charge in [-0.1, -0.05) is 0 Å². The fraction of sp³-hybridized carbons (Fsp3) is 0.667. The second-order valence-corrected chi connectivity index (χ2v) is 7.01. The lowest BCUT2D eigenvalue weighted by Crippen LogP contribution is -2.41. The van der Waals surface area contributed by atoms with E-state index in [-0.39, 0.29) is 16.8 Å². The Labute approximate surface area is 120 Å². The first-order chi connectivity index (χ1) is 9.28. The molecule has 0 unspecified atom stereocenters. The van der Waals surface area contributed by atoms with Gasteiger partial charge in [-0.05, 0) is 58.4 Å². The largest absolute Gasteiger partial charge is 0.496 e. The number of aromatic amines is 1. The summed E-state index contributed by atoms with van der Waals surface area (Å²) in [5.74, 6) is 0.720. The molecule has 2 fully saturated rings. The zero-order valence-corrected chi connectivity index (χ0v) is 12.7. The third kappa shape index (κ3) is 2.45. The van der Waals surface area contributed by atoms with E-state index in [4.69, 9.17) is 9.31 Å². The third-order valence-electron chi connectivity index (χ3n) is 4.76. The maximum absolute atomic E-state index is 11.6. The Morgan fingerprint density at radius 3 is 2.40 bits per heavy atom. The second kappa shape index (κ2) is 4.47. The number of H-pyrrole nitrogens is 1. The van der Waals surface area contributed by atoms with Crippen molar-refractivity contribution in [1.29, 1.82) is 0 Å². The average Bonchev–Trinajstić information content (AvgIpc) is 3.07. The van der Waals surface area contributed by atoms with Gasteiger partial charge in [0.2, 0.25) is 5.56 Å². The fourth-order valence-corrected chi connectivity index (χ4v) is 2.52. The van der Waals surface area contributed by atoms with Crippen molar-refractivity contribution in [2.75, 3.05) is 0 Å². The van der Waals surface area contributed by atoms with E-state index in [1.807, 2.05) is 27.7 Å². The summed E-state index contributed by atoms with van der Waals surface area (Å²) >= 11 is 0. The summed E-state index contributed by atoms with van der Waals surface area (Å²) in [6, 6.07) is 1.69. The quantitative estimate of drug-likeness (QED) is 0.853. The zero-order valence-electron chi connectivity index (χ0n) is 12.7. The molecule has 1 saturated heterocycles. The molecule has 1 N–H and O–H groups in total. The molecular weight excluding hydrogens is 253 g/mol. The highest BCUT2D eigenvalue weighted by Gasteiger charge is 2.52. The van der Waals surface area contributed by atoms with E-state index in [9.17, 15) is 4.79 Å². The number of hydrogen-bond acceptors (Lipinski definition) is 3. The van der Waals surface area contributed by atoms with Crippen molar-refractivity contribution in [2.45, 2.75) is 58.2 Å². The van der Waals surface area contributed by atoms with E-state index < -0.39 is 7.12 Å². The summed E-state index contributed by atoms with van der Waals surface area (Å²) < 4.78 is 12.2. The van der Waals surface area contributed by atoms with Gasteiger partial charge >= 0.3 is 7.12 Å². The molecule has 1 aliphatic heterocycles. The van der Waals surface area contributed by atoms with Crippen LogP contribution in [0.3, 0.4) is 0 Å². The molecule has 0 atom stereocenters. The Morgan fingerprint density at radius 1 is 1.25 bits per heavy atom. The van der Waals surface area contributed by atoms with Gasteiger partial charge in [-0.25, -0.2) is 0 Å². The lowest BCUT2D eigenvalue weighted by Gasteiger charge is -2.32. The van der Waals surface area contributed by atoms with E-state index in [1.165, 1.54) is 12.8 Å². The van der Waals surface area contributed by atoms with E-state index in [0.717, 1.165) is 23.4 Å². The SMILES string of the molecule is CC1(C)OB(c2c[nH]c(=O)cc2CC2CC2)OC1(C)C. The highest BCUT2D eigenvalue weighted by Crippen LogP contribution is 2.37. The molecule has 0 radical (unpaired) electrons. The Balaban J connectivity index is 1.92. The Bertz CT molecular complexity index is 559. The van der Waals surface area contributed by atoms with Crippen LogP contribution in [0, 0.1) is 5.92 Å². The van der Waals surface area contributed by atoms with Crippen molar-refractivity contribution in [2.24, 2.45) is 5.92 Å². The van der Waals surface area contributed by atoms with Gasteiger partial charge < -0.3 is 14.3 Å². The van der Waals surface area contributed by atoms with Crippen LogP contribution in [0.15, 0.2) is 17.1 Å². The van der Waals surface area contributed by atoms with Crippen molar-refractivity contribution in [3.63, 3.8) is 0 Å². The van der Waals surface area contributed by atoms with E-state index >= 15 is 0 Å². The first-order valence-corrected chi connectivity index (χ1v) is 7.36. The van der Waals surface area contributed by atoms with Crippen LogP contribution in [0.2, 0.25) is 0 Å². The summed E-state index contributed by atoms with van der Waals surface area (Å²) in [5.41, 5.74) is 1.26. The molecule has 1 aliphatic carbocycles. The molecular formula is C15H22BNO3. The molecule has 4 nitrogen and oxygen atoms in total. The van der Waals surface area contributed by atoms with E-state index in [0.29, 0.717) is 0 Å². The van der Waals surface area contributed by atoms with Crippen LogP contribution >= 0.6 is 0 Å². The smallest absolute Gasteiger partial charge is 0.399 e. The number of hydrogen-bond donors (Lipinski definition) is 1. The van der Waals surface area contributed by atoms with Gasteiger partial charge in [0.25, 0.3) is 0 Å². The van der Waals surface area contributed by atoms with Crippen molar-refractivity contribution in [3.8, 4) is 0 Å². The molecule has 20 heavy (non-hydrogen) atoms. The molecule has 1 saturated carbocycles. The van der Waals surface area contributed by atoms with Gasteiger partial charge in [-0.15, -0.1) is 0 Å². The van der Waals surface area contributed by atoms with Crippen LogP contribution in [0.1, 0.15) is 46.1 Å². The summed E-state index contributed by atoms with van der Waals surface area (Å²) in [4.78, 5) is 14.3. The van der Waals surface area contributed by atoms with Crippen molar-refractivity contribution in [1.82, 2.24) is 4.98 Å². The maximum atomic E-state index is 11.6. The monoisotopic (exact) mass is 275 g/mol. The highest BCUT2D eigenvalue weighted by molar-refractivity contribution is 6.62. The predicted octanol–water partition coefficient (Wildman–Crippen LogP) is 1.63. The first-order valence-electron chi connectivity index (χ1n) is 7.36. The Kier molecular flexibility index (Phi) is 3.10. The average molecular weight is 275 g/mol. The summed E-state index contributed by atoms with van der Waals surface area (Å²) in [5, 5.41) is 0. The normalized spacial score (nSPS) is 24.1. The molecule has 0 bridgehead atoms. The molecule has 3 rings (SSSR count). The van der Waals surface area contributed by atoms with Crippen molar-refractivity contribution >= 4 is 12.6 Å². The van der Waals surface area contributed by atoms with Crippen LogP contribution in [-0.4, -0.2) is 23.3 Å². The minimum Gasteiger partial charge on any atom is -0.399 e. The topological polar surface area (TPSA) is 51.3 Å². The van der Waals surface area contributed by atoms with Crippen LogP contribution in [0.4, 0.5) is 0 Å². The molecule has 2 aliphatic rings. The van der Waals surface area contributed by atoms with Crippen molar-refractivity contribution < 1.29 is 9.31 Å². The van der Waals surface area contributed by atoms with Crippen LogP contribution in [0.5, 0.6) is 0 Å². The lowest BCUT2D eigenvalue weighted by molar-refractivity contribution is 0.00578. The fourth-order valence-electron chi connectivity index (χ4n) is 2.52. The molecule has 1 aromatic rings. The van der Waals surface area contributed by atoms with Gasteiger partial charge in [-0.2, -0.15) is 0 Å². The number of nitrogens with one attached hydrogen (secondary N) is 1. The minimum absolute atomic E-state index is 0.0547. The van der Waals surface area contributed by atoms with Crippen LogP contribution in [-0.2, 0) is 15.7 Å². The number of rotatable bonds is 3. The van der Waals surface area contributed by atoms with Crippen LogP contribution < -0.4 is 11.0 Å². The van der Waals surface area contributed by atoms with Crippen molar-refractivity contribution in [3.05, 3.63) is 28.2 Å². The minimum atomic E-state index is -0.398. The third-order valence-corrected chi connectivity index (χ3v) is 4.76. The first kappa shape index (κ1) is 13.9. The molecule has 0 spiro atoms. The standard InChI is InChI=1S/C15H22BNO3/c1-14(2)15(3,4)20-16(19-14)12-9-17-13(18)8-11(12)7-10-5-6-10/h8-10H,5-7H2,1-4H3,(H,17,18). The summed E-state index contributed by atoms with van der Waals surface area (Å²) in [6.45, 7) is 8.16. The predicted molar refractivity (Wildman–Crippen MR) is 79.2 cm³/mol. The Morgan fingerprint density at radius 2 is 1.85 bits per heavy atom. The molecule has 2 heterocycles. The lowest BCUT2D eigenvalue weighted by atomic mass is 9.76. The summed E-state index contributed by atoms with van der Waals surface area (Å²) in [7, 11) is -0.398. The molecule has 108 valence electrons. The second-order valence-electron chi connectivity index (χ2n) is 7.01. The molecule has 5 heteroatoms. The van der Waals surface area contributed by atoms with Gasteiger partial charge in [0.05, 0.1) is 11.2 Å². The van der Waals surface area contributed by atoms with Gasteiger partial charge in [0, 0.05) is 17.7 Å². The van der Waals surface area contributed by atoms with Gasteiger partial charge in [0.1, 0.15) is 0 Å². The molecule has 0 amide bonds. The van der Waals surface area contributed by atoms with Gasteiger partial charge in [-0.3, -0.25) is 4.79 Å². The molecule has 1 aromatic heterocycles. The number of pyridine rings is 1. The zero-order chi connectivity index (χ0) is 14.5. The highest BCUT2D eigenvalue weighted by atomic mass is 16.7. The van der Waals surface area contributed by atoms with Gasteiger partial charge in [0.15, 0.2) is 0 Å². The van der Waals surface area contributed by atoms with E-state index in [1.54, 1.807) is 12.3 Å². The maximum Gasteiger partial charge on any atom is 0.496 e. The Hall–Kier alpha value is -1.07. The molecule has 0 aromatic carbocycles. The number of aromatic nitrogens is 1.